The van der Waals surface area contributed by atoms with Crippen LogP contribution in [0.2, 0.25) is 0 Å². The molecule has 1 aliphatic rings. The van der Waals surface area contributed by atoms with Gasteiger partial charge in [0, 0.05) is 19.6 Å². The minimum atomic E-state index is -3.55. The van der Waals surface area contributed by atoms with E-state index in [2.05, 4.69) is 5.32 Å². The summed E-state index contributed by atoms with van der Waals surface area (Å²) in [5.74, 6) is -0.289. The van der Waals surface area contributed by atoms with Crippen LogP contribution in [0.5, 0.6) is 0 Å². The van der Waals surface area contributed by atoms with Gasteiger partial charge in [-0.3, -0.25) is 4.79 Å². The number of hydrogen-bond donors (Lipinski definition) is 1. The second-order valence-corrected chi connectivity index (χ2v) is 8.17. The van der Waals surface area contributed by atoms with Crippen molar-refractivity contribution in [3.8, 4) is 0 Å². The van der Waals surface area contributed by atoms with Crippen molar-refractivity contribution in [3.05, 3.63) is 29.3 Å². The van der Waals surface area contributed by atoms with Gasteiger partial charge in [-0.15, -0.1) is 0 Å². The minimum Gasteiger partial charge on any atom is -0.356 e. The van der Waals surface area contributed by atoms with Gasteiger partial charge < -0.3 is 5.32 Å². The van der Waals surface area contributed by atoms with Crippen LogP contribution in [0, 0.1) is 19.8 Å². The molecule has 1 atom stereocenters. The van der Waals surface area contributed by atoms with Crippen LogP contribution in [0.3, 0.4) is 0 Å². The van der Waals surface area contributed by atoms with Crippen molar-refractivity contribution in [2.75, 3.05) is 19.6 Å². The fourth-order valence-corrected chi connectivity index (χ4v) is 4.73. The minimum absolute atomic E-state index is 0.0345. The van der Waals surface area contributed by atoms with Crippen LogP contribution >= 0.6 is 0 Å². The van der Waals surface area contributed by atoms with Gasteiger partial charge >= 0.3 is 0 Å². The van der Waals surface area contributed by atoms with E-state index in [-0.39, 0.29) is 18.4 Å². The smallest absolute Gasteiger partial charge is 0.243 e. The van der Waals surface area contributed by atoms with Gasteiger partial charge in [0.2, 0.25) is 15.9 Å². The normalized spacial score (nSPS) is 19.5. The van der Waals surface area contributed by atoms with Crippen LogP contribution in [0.4, 0.5) is 0 Å². The fourth-order valence-electron chi connectivity index (χ4n) is 2.89. The molecule has 128 valence electrons. The molecule has 0 spiro atoms. The summed E-state index contributed by atoms with van der Waals surface area (Å²) >= 11 is 0. The zero-order valence-electron chi connectivity index (χ0n) is 14.1. The van der Waals surface area contributed by atoms with Gasteiger partial charge in [-0.1, -0.05) is 19.1 Å². The number of nitrogens with one attached hydrogen (secondary N) is 1. The maximum Gasteiger partial charge on any atom is 0.243 e. The molecule has 1 aromatic rings. The van der Waals surface area contributed by atoms with Gasteiger partial charge in [0.25, 0.3) is 0 Å². The van der Waals surface area contributed by atoms with E-state index in [0.717, 1.165) is 24.0 Å². The Morgan fingerprint density at radius 1 is 1.35 bits per heavy atom. The Morgan fingerprint density at radius 3 is 2.78 bits per heavy atom. The maximum atomic E-state index is 12.9. The molecule has 0 aliphatic carbocycles. The summed E-state index contributed by atoms with van der Waals surface area (Å²) in [4.78, 5) is 12.5. The highest BCUT2D eigenvalue weighted by Gasteiger charge is 2.33. The second-order valence-electron chi connectivity index (χ2n) is 6.26. The molecule has 0 aromatic heterocycles. The Kier molecular flexibility index (Phi) is 5.81. The van der Waals surface area contributed by atoms with Gasteiger partial charge in [-0.25, -0.2) is 8.42 Å². The average Bonchev–Trinajstić information content (AvgIpc) is 2.54. The summed E-state index contributed by atoms with van der Waals surface area (Å²) in [6.45, 7) is 7.08. The van der Waals surface area contributed by atoms with E-state index in [4.69, 9.17) is 0 Å². The number of hydrogen-bond acceptors (Lipinski definition) is 3. The Labute approximate surface area is 139 Å². The fraction of sp³-hybridized carbons (Fsp3) is 0.588. The highest BCUT2D eigenvalue weighted by Crippen LogP contribution is 2.26. The number of sulfonamides is 1. The molecule has 2 rings (SSSR count). The lowest BCUT2D eigenvalue weighted by atomic mass is 9.99. The van der Waals surface area contributed by atoms with Gasteiger partial charge in [0.15, 0.2) is 0 Å². The number of piperidine rings is 1. The predicted octanol–water partition coefficient (Wildman–Crippen LogP) is 2.23. The number of carbonyl (C=O) groups is 1. The first kappa shape index (κ1) is 17.9. The molecule has 1 aromatic carbocycles. The van der Waals surface area contributed by atoms with Gasteiger partial charge in [0.1, 0.15) is 0 Å². The van der Waals surface area contributed by atoms with Crippen LogP contribution in [0.15, 0.2) is 23.1 Å². The molecule has 1 N–H and O–H groups in total. The summed E-state index contributed by atoms with van der Waals surface area (Å²) in [6, 6.07) is 5.45. The van der Waals surface area contributed by atoms with Crippen molar-refractivity contribution in [1.82, 2.24) is 9.62 Å². The van der Waals surface area contributed by atoms with Crippen molar-refractivity contribution in [1.29, 1.82) is 0 Å². The third-order valence-corrected chi connectivity index (χ3v) is 6.27. The van der Waals surface area contributed by atoms with Crippen molar-refractivity contribution in [2.24, 2.45) is 5.92 Å². The largest absolute Gasteiger partial charge is 0.356 e. The van der Waals surface area contributed by atoms with Crippen LogP contribution in [-0.2, 0) is 14.8 Å². The van der Waals surface area contributed by atoms with Crippen LogP contribution < -0.4 is 5.32 Å². The molecule has 23 heavy (non-hydrogen) atoms. The Bertz CT molecular complexity index is 670. The zero-order chi connectivity index (χ0) is 17.0. The van der Waals surface area contributed by atoms with Crippen LogP contribution in [0.1, 0.15) is 37.3 Å². The number of nitrogens with zero attached hydrogens (tertiary/aromatic N) is 1. The van der Waals surface area contributed by atoms with E-state index < -0.39 is 10.0 Å². The van der Waals surface area contributed by atoms with Crippen LogP contribution in [0.25, 0.3) is 0 Å². The number of aryl methyl sites for hydroxylation is 2. The quantitative estimate of drug-likeness (QED) is 0.895. The standard InChI is InChI=1S/C17H26N2O3S/c1-4-9-18-17(20)15-6-5-10-19(12-15)23(21,22)16-11-13(2)7-8-14(16)3/h7-8,11,15H,4-6,9-10,12H2,1-3H3,(H,18,20)/t15-/m0/s1. The van der Waals surface area contributed by atoms with Crippen molar-refractivity contribution < 1.29 is 13.2 Å². The van der Waals surface area contributed by atoms with E-state index in [9.17, 15) is 13.2 Å². The monoisotopic (exact) mass is 338 g/mol. The molecule has 0 unspecified atom stereocenters. The van der Waals surface area contributed by atoms with E-state index in [0.29, 0.717) is 24.4 Å². The highest BCUT2D eigenvalue weighted by molar-refractivity contribution is 7.89. The molecule has 5 nitrogen and oxygen atoms in total. The topological polar surface area (TPSA) is 66.5 Å². The number of amides is 1. The number of carbonyl (C=O) groups excluding carboxylic acids is 1. The van der Waals surface area contributed by atoms with Crippen molar-refractivity contribution in [2.45, 2.75) is 44.9 Å². The second kappa shape index (κ2) is 7.45. The predicted molar refractivity (Wildman–Crippen MR) is 90.7 cm³/mol. The van der Waals surface area contributed by atoms with Crippen molar-refractivity contribution in [3.63, 3.8) is 0 Å². The van der Waals surface area contributed by atoms with Gasteiger partial charge in [0.05, 0.1) is 10.8 Å². The van der Waals surface area contributed by atoms with Crippen molar-refractivity contribution >= 4 is 15.9 Å². The molecule has 0 bridgehead atoms. The van der Waals surface area contributed by atoms with Crippen LogP contribution in [-0.4, -0.2) is 38.3 Å². The van der Waals surface area contributed by atoms with E-state index >= 15 is 0 Å². The Balaban J connectivity index is 2.19. The third-order valence-electron chi connectivity index (χ3n) is 4.27. The molecular formula is C17H26N2O3S. The molecule has 0 radical (unpaired) electrons. The molecule has 1 heterocycles. The molecule has 1 aliphatic heterocycles. The number of rotatable bonds is 5. The van der Waals surface area contributed by atoms with E-state index in [1.54, 1.807) is 6.07 Å². The Morgan fingerprint density at radius 2 is 2.09 bits per heavy atom. The van der Waals surface area contributed by atoms with Gasteiger partial charge in [-0.05, 0) is 50.3 Å². The van der Waals surface area contributed by atoms with Gasteiger partial charge in [-0.2, -0.15) is 4.31 Å². The molecule has 1 saturated heterocycles. The molecule has 1 amide bonds. The summed E-state index contributed by atoms with van der Waals surface area (Å²) in [6.07, 6.45) is 2.34. The lowest BCUT2D eigenvalue weighted by Crippen LogP contribution is -2.45. The molecular weight excluding hydrogens is 312 g/mol. The lowest BCUT2D eigenvalue weighted by molar-refractivity contribution is -0.126. The first-order valence-corrected chi connectivity index (χ1v) is 9.65. The number of benzene rings is 1. The molecule has 6 heteroatoms. The zero-order valence-corrected chi connectivity index (χ0v) is 14.9. The molecule has 0 saturated carbocycles. The summed E-state index contributed by atoms with van der Waals surface area (Å²) in [5, 5.41) is 2.87. The summed E-state index contributed by atoms with van der Waals surface area (Å²) in [7, 11) is -3.55. The average molecular weight is 338 g/mol. The first-order chi connectivity index (χ1) is 10.9. The highest BCUT2D eigenvalue weighted by atomic mass is 32.2. The maximum absolute atomic E-state index is 12.9. The summed E-state index contributed by atoms with van der Waals surface area (Å²) < 4.78 is 27.3. The SMILES string of the molecule is CCCNC(=O)[C@H]1CCCN(S(=O)(=O)c2cc(C)ccc2C)C1. The Hall–Kier alpha value is -1.40. The molecule has 1 fully saturated rings. The first-order valence-electron chi connectivity index (χ1n) is 8.21. The lowest BCUT2D eigenvalue weighted by Gasteiger charge is -2.31. The van der Waals surface area contributed by atoms with E-state index in [1.165, 1.54) is 4.31 Å². The van der Waals surface area contributed by atoms with E-state index in [1.807, 2.05) is 32.9 Å². The third kappa shape index (κ3) is 4.12. The summed E-state index contributed by atoms with van der Waals surface area (Å²) in [5.41, 5.74) is 1.66.